The van der Waals surface area contributed by atoms with Gasteiger partial charge in [-0.25, -0.2) is 8.78 Å². The van der Waals surface area contributed by atoms with Crippen LogP contribution in [-0.4, -0.2) is 26.0 Å². The third-order valence-electron chi connectivity index (χ3n) is 1.11. The minimum atomic E-state index is -6.49. The second-order valence-corrected chi connectivity index (χ2v) is 3.62. The van der Waals surface area contributed by atoms with Crippen molar-refractivity contribution < 1.29 is 39.0 Å². The quantitative estimate of drug-likeness (QED) is 0.436. The molecule has 0 heterocycles. The van der Waals surface area contributed by atoms with Gasteiger partial charge < -0.3 is 0 Å². The maximum absolute atomic E-state index is 12.3. The van der Waals surface area contributed by atoms with Crippen LogP contribution in [0.5, 0.6) is 0 Å². The topological polar surface area (TPSA) is 71.5 Å². The summed E-state index contributed by atoms with van der Waals surface area (Å²) in [4.78, 5) is 0. The molecule has 0 aromatic carbocycles. The van der Waals surface area contributed by atoms with Crippen molar-refractivity contribution in [1.29, 1.82) is 5.39 Å². The van der Waals surface area contributed by atoms with Crippen molar-refractivity contribution in [3.8, 4) is 0 Å². The zero-order valence-corrected chi connectivity index (χ0v) is 7.19. The molecular weight excluding hydrogens is 258 g/mol. The number of nitrogens with zero attached hydrogens (tertiary/aromatic N) is 2. The highest BCUT2D eigenvalue weighted by Gasteiger charge is 2.74. The van der Waals surface area contributed by atoms with Crippen LogP contribution < -0.4 is 0 Å². The molecule has 5 nitrogen and oxygen atoms in total. The molecule has 0 aliphatic heterocycles. The molecule has 0 aromatic heterocycles. The van der Waals surface area contributed by atoms with Crippen molar-refractivity contribution in [3.05, 3.63) is 5.14 Å². The standard InChI is InChI=1S/C3HF6N2O3S/c4-1(5)2(6,7)3(8,9)15(12,13)14-11-10/h1H/q+1. The maximum atomic E-state index is 12.3. The fourth-order valence-corrected chi connectivity index (χ4v) is 0.988. The number of diazo groups is 1. The molecule has 0 N–H and O–H groups in total. The van der Waals surface area contributed by atoms with E-state index in [0.717, 1.165) is 0 Å². The SMILES string of the molecule is N#[N+]OS(=O)(=O)C(F)(F)C(F)(F)C(F)F. The zero-order chi connectivity index (χ0) is 12.5. The molecule has 0 spiro atoms. The Bertz CT molecular complexity index is 372. The van der Waals surface area contributed by atoms with Crippen molar-refractivity contribution in [1.82, 2.24) is 0 Å². The van der Waals surface area contributed by atoms with Crippen molar-refractivity contribution in [3.63, 3.8) is 0 Å². The van der Waals surface area contributed by atoms with Crippen LogP contribution in [-0.2, 0) is 14.4 Å². The van der Waals surface area contributed by atoms with E-state index < -0.39 is 27.7 Å². The van der Waals surface area contributed by atoms with Gasteiger partial charge >= 0.3 is 32.9 Å². The molecule has 0 aromatic rings. The van der Waals surface area contributed by atoms with E-state index in [9.17, 15) is 34.8 Å². The van der Waals surface area contributed by atoms with Gasteiger partial charge in [0.05, 0.1) is 0 Å². The number of hydrogen-bond donors (Lipinski definition) is 0. The minimum Gasteiger partial charge on any atom is -0.203 e. The Balaban J connectivity index is 5.43. The minimum absolute atomic E-state index is 1.20. The Morgan fingerprint density at radius 3 is 1.87 bits per heavy atom. The molecule has 0 atom stereocenters. The monoisotopic (exact) mass is 259 g/mol. The highest BCUT2D eigenvalue weighted by atomic mass is 32.2. The third-order valence-corrected chi connectivity index (χ3v) is 2.27. The maximum Gasteiger partial charge on any atom is 0.475 e. The third kappa shape index (κ3) is 2.06. The van der Waals surface area contributed by atoms with E-state index in [-0.39, 0.29) is 0 Å². The Kier molecular flexibility index (Phi) is 3.41. The van der Waals surface area contributed by atoms with Crippen LogP contribution in [0.15, 0.2) is 0 Å². The lowest BCUT2D eigenvalue weighted by molar-refractivity contribution is -0.227. The van der Waals surface area contributed by atoms with Crippen LogP contribution in [0.2, 0.25) is 0 Å². The van der Waals surface area contributed by atoms with Crippen LogP contribution in [0.25, 0.3) is 5.14 Å². The van der Waals surface area contributed by atoms with Crippen molar-refractivity contribution in [2.45, 2.75) is 17.6 Å². The number of alkyl halides is 6. The number of halogens is 6. The molecular formula is C3HF6N2O3S+. The molecule has 0 bridgehead atoms. The van der Waals surface area contributed by atoms with E-state index >= 15 is 0 Å². The largest absolute Gasteiger partial charge is 0.475 e. The first kappa shape index (κ1) is 13.8. The molecule has 0 aliphatic carbocycles. The lowest BCUT2D eigenvalue weighted by Gasteiger charge is -2.21. The Morgan fingerprint density at radius 1 is 1.20 bits per heavy atom. The van der Waals surface area contributed by atoms with Crippen LogP contribution in [0.1, 0.15) is 0 Å². The molecule has 0 amide bonds. The van der Waals surface area contributed by atoms with E-state index in [1.165, 1.54) is 5.14 Å². The van der Waals surface area contributed by atoms with Gasteiger partial charge in [0.15, 0.2) is 0 Å². The van der Waals surface area contributed by atoms with Crippen LogP contribution in [0, 0.1) is 5.39 Å². The molecule has 0 saturated heterocycles. The summed E-state index contributed by atoms with van der Waals surface area (Å²) in [5.74, 6) is -6.17. The van der Waals surface area contributed by atoms with Gasteiger partial charge in [0.1, 0.15) is 0 Å². The fraction of sp³-hybridized carbons (Fsp3) is 1.00. The van der Waals surface area contributed by atoms with Crippen molar-refractivity contribution >= 4 is 10.1 Å². The summed E-state index contributed by atoms with van der Waals surface area (Å²) in [6.45, 7) is 0. The second-order valence-electron chi connectivity index (χ2n) is 2.05. The zero-order valence-electron chi connectivity index (χ0n) is 6.37. The Hall–Kier alpha value is -1.25. The first-order valence-electron chi connectivity index (χ1n) is 2.82. The summed E-state index contributed by atoms with van der Waals surface area (Å²) in [5, 5.41) is 2.41. The lowest BCUT2D eigenvalue weighted by atomic mass is 10.4. The second kappa shape index (κ2) is 3.72. The van der Waals surface area contributed by atoms with E-state index in [1.807, 2.05) is 0 Å². The first-order chi connectivity index (χ1) is 6.50. The van der Waals surface area contributed by atoms with Crippen LogP contribution in [0.4, 0.5) is 26.3 Å². The average molecular weight is 259 g/mol. The predicted molar refractivity (Wildman–Crippen MR) is 31.0 cm³/mol. The molecule has 0 rings (SSSR count). The predicted octanol–water partition coefficient (Wildman–Crippen LogP) is 1.59. The molecule has 0 fully saturated rings. The summed E-state index contributed by atoms with van der Waals surface area (Å²) in [5.41, 5.74) is 0. The highest BCUT2D eigenvalue weighted by molar-refractivity contribution is 7.87. The van der Waals surface area contributed by atoms with Crippen molar-refractivity contribution in [2.75, 3.05) is 0 Å². The smallest absolute Gasteiger partial charge is 0.203 e. The molecule has 0 aliphatic rings. The van der Waals surface area contributed by atoms with Crippen LogP contribution >= 0.6 is 0 Å². The summed E-state index contributed by atoms with van der Waals surface area (Å²) in [6, 6.07) is 0. The molecule has 12 heteroatoms. The van der Waals surface area contributed by atoms with Crippen LogP contribution in [0.3, 0.4) is 0 Å². The lowest BCUT2D eigenvalue weighted by Crippen LogP contribution is -2.51. The summed E-state index contributed by atoms with van der Waals surface area (Å²) < 4.78 is 94.4. The van der Waals surface area contributed by atoms with Gasteiger partial charge in [-0.2, -0.15) is 26.0 Å². The summed E-state index contributed by atoms with van der Waals surface area (Å²) >= 11 is 0. The molecule has 0 saturated carbocycles. The van der Waals surface area contributed by atoms with E-state index in [4.69, 9.17) is 5.39 Å². The van der Waals surface area contributed by atoms with E-state index in [2.05, 4.69) is 4.28 Å². The normalized spacial score (nSPS) is 13.7. The van der Waals surface area contributed by atoms with Gasteiger partial charge in [-0.05, 0) is 0 Å². The van der Waals surface area contributed by atoms with Gasteiger partial charge in [-0.1, -0.05) is 0 Å². The average Bonchev–Trinajstić information content (AvgIpc) is 2.02. The summed E-state index contributed by atoms with van der Waals surface area (Å²) in [7, 11) is -6.49. The van der Waals surface area contributed by atoms with Crippen molar-refractivity contribution in [2.24, 2.45) is 0 Å². The molecule has 0 unspecified atom stereocenters. The number of hydrogen-bond acceptors (Lipinski definition) is 4. The van der Waals surface area contributed by atoms with Gasteiger partial charge in [0.25, 0.3) is 5.39 Å². The van der Waals surface area contributed by atoms with Gasteiger partial charge in [0, 0.05) is 4.28 Å². The fourth-order valence-electron chi connectivity index (χ4n) is 0.384. The summed E-state index contributed by atoms with van der Waals surface area (Å²) in [6.07, 6.45) is -4.94. The van der Waals surface area contributed by atoms with Gasteiger partial charge in [-0.15, -0.1) is 0 Å². The Morgan fingerprint density at radius 2 is 1.60 bits per heavy atom. The molecule has 0 radical (unpaired) electrons. The molecule has 15 heavy (non-hydrogen) atoms. The molecule has 88 valence electrons. The Labute approximate surface area is 78.3 Å². The first-order valence-corrected chi connectivity index (χ1v) is 4.23. The van der Waals surface area contributed by atoms with Gasteiger partial charge in [0.2, 0.25) is 0 Å². The van der Waals surface area contributed by atoms with E-state index in [1.54, 1.807) is 0 Å². The number of rotatable bonds is 4. The highest BCUT2D eigenvalue weighted by Crippen LogP contribution is 2.43. The van der Waals surface area contributed by atoms with Gasteiger partial charge in [-0.3, -0.25) is 0 Å². The van der Waals surface area contributed by atoms with E-state index in [0.29, 0.717) is 0 Å².